The zero-order chi connectivity index (χ0) is 86.8. The van der Waals surface area contributed by atoms with Gasteiger partial charge in [0.05, 0.1) is 47.9 Å². The molecule has 5 aromatic rings. The van der Waals surface area contributed by atoms with Crippen molar-refractivity contribution in [3.8, 4) is 57.1 Å². The van der Waals surface area contributed by atoms with Crippen molar-refractivity contribution in [2.75, 3.05) is 40.0 Å². The standard InChI is InChI=1S/C78H88Cl2N12O27/c1-9-18-111-54(97)32-83-78(7)30-55(114-34(6)68(78)102)118-67-65(101)64(100)52(31-84-91-82)117-76(67)119-66-50-25-38-26-51(66)116-49-17-14-37(24-43(49)80)63(99)61-74(108)88-59(75(109)112-19-10-2)41-27-39(93)28-47(95)56(41)40-22-35(12-15-46(40)94)57(71(105)90-61)87-72(106)58(38)86-69(103)44(29-53(81)96)85-73(107)60(62(98)36-13-16-48(115-50)42(79)23-36)89-70(104)45(21-33(4)5)92(8)77(110)113-20-11-3/h9-17,22-28,33-34,44-45,52,55,57-65,67-68,76,83,93-95,98-102H,1-3,18-21,29-32H2,4-8H3,(H2,81,96)(H,85,107)(H,86,103)(H,87,106)(H,88,108)(H,89,104)(H,90,105)/t34?,44-,45+,52?,55?,57?,58+,59-,60+,61-,62+,63+,64?,65?,67?,68?,76?,78?/m0/s1. The van der Waals surface area contributed by atoms with Crippen LogP contribution >= 0.6 is 23.2 Å². The molecule has 18 atom stereocenters. The number of nitrogens with one attached hydrogen (secondary N) is 7. The SMILES string of the molecule is C=CCOC(=O)CNC1(C)CC(OC2C(Oc3c4cc5cc3Oc3ccc(cc3Cl)[C@@H](O)[C@@H](NC(=O)[C@@H](CC(C)C)N(C)C(=O)OCC=C)C(=O)N[C@@H](CC(N)=O)C(=O)N[C@H]5C(=O)NC3C(=O)N[C@H](C(=O)N[C@H](C(=O)OCC=C)c5cc(O)cc(O)c5-c5cc3ccc5O)[C@H](O)c3ccc(c(Cl)c3)O4)OC(CN=[N+]=[N-])C(O)C2O)OC(C)C1O. The Kier molecular flexibility index (Phi) is 29.1. The van der Waals surface area contributed by atoms with E-state index < -0.39 is 273 Å². The van der Waals surface area contributed by atoms with Crippen LogP contribution in [0.15, 0.2) is 122 Å². The number of phenols is 3. The van der Waals surface area contributed by atoms with E-state index >= 15 is 24.0 Å². The number of ether oxygens (including phenoxy) is 9. The minimum atomic E-state index is -2.44. The van der Waals surface area contributed by atoms with Gasteiger partial charge < -0.3 is 121 Å². The first kappa shape index (κ1) is 89.5. The molecule has 0 spiro atoms. The average molecular weight is 1700 g/mol. The fraction of sp³-hybridized carbons (Fsp3) is 0.410. The summed E-state index contributed by atoms with van der Waals surface area (Å²) in [5.74, 6) is -17.3. The fourth-order valence-corrected chi connectivity index (χ4v) is 14.3. The Hall–Kier alpha value is -11.9. The van der Waals surface area contributed by atoms with Crippen LogP contribution in [0.5, 0.6) is 46.0 Å². The molecule has 0 radical (unpaired) electrons. The quantitative estimate of drug-likeness (QED) is 0.0111. The topological polar surface area (TPSA) is 578 Å². The van der Waals surface area contributed by atoms with Gasteiger partial charge >= 0.3 is 18.0 Å². The van der Waals surface area contributed by atoms with E-state index in [9.17, 15) is 70.4 Å². The Bertz CT molecular complexity index is 4820. The molecule has 5 aromatic carbocycles. The number of hydrogen-bond donors (Lipinski definition) is 16. The third-order valence-corrected chi connectivity index (χ3v) is 20.5. The van der Waals surface area contributed by atoms with Crippen LogP contribution in [0.1, 0.15) is 105 Å². The van der Waals surface area contributed by atoms with Crippen LogP contribution in [-0.2, 0) is 71.6 Å². The lowest BCUT2D eigenvalue weighted by Gasteiger charge is -2.48. The molecule has 0 saturated carbocycles. The number of esters is 2. The number of phenolic OH excluding ortho intramolecular Hbond substituents is 3. The second-order valence-corrected chi connectivity index (χ2v) is 29.7. The molecule has 10 unspecified atom stereocenters. The first-order chi connectivity index (χ1) is 56.5. The summed E-state index contributed by atoms with van der Waals surface area (Å²) in [5.41, 5.74) is 11.0. The van der Waals surface area contributed by atoms with Gasteiger partial charge in [-0.25, -0.2) is 9.59 Å². The number of aromatic hydroxyl groups is 3. The Morgan fingerprint density at radius 2 is 1.33 bits per heavy atom. The zero-order valence-electron chi connectivity index (χ0n) is 64.4. The number of nitrogens with two attached hydrogens (primary N) is 1. The number of azide groups is 1. The molecule has 2 fully saturated rings. The normalized spacial score (nSPS) is 26.4. The average Bonchev–Trinajstić information content (AvgIpc) is 0.768. The molecule has 119 heavy (non-hydrogen) atoms. The number of hydrogen-bond acceptors (Lipinski definition) is 29. The molecular weight excluding hydrogens is 1610 g/mol. The number of primary amides is 1. The largest absolute Gasteiger partial charge is 0.508 e. The molecular formula is C78H88Cl2N12O27. The zero-order valence-corrected chi connectivity index (χ0v) is 65.9. The van der Waals surface area contributed by atoms with E-state index in [1.165, 1.54) is 33.0 Å². The van der Waals surface area contributed by atoms with Crippen LogP contribution in [0.25, 0.3) is 21.6 Å². The Morgan fingerprint density at radius 3 is 1.95 bits per heavy atom. The molecule has 12 rings (SSSR count). The van der Waals surface area contributed by atoms with E-state index in [0.717, 1.165) is 89.8 Å². The van der Waals surface area contributed by atoms with Crippen LogP contribution in [-0.4, -0.2) is 224 Å². The van der Waals surface area contributed by atoms with Crippen molar-refractivity contribution >= 4 is 82.6 Å². The molecule has 0 aliphatic carbocycles. The molecule has 0 aromatic heterocycles. The first-order valence-corrected chi connectivity index (χ1v) is 37.7. The van der Waals surface area contributed by atoms with Crippen LogP contribution in [0, 0.1) is 5.92 Å². The Morgan fingerprint density at radius 1 is 0.723 bits per heavy atom. The van der Waals surface area contributed by atoms with E-state index in [4.69, 9.17) is 71.6 Å². The van der Waals surface area contributed by atoms with Gasteiger partial charge in [0.1, 0.15) is 109 Å². The summed E-state index contributed by atoms with van der Waals surface area (Å²) < 4.78 is 55.0. The number of aliphatic hydroxyl groups is 5. The van der Waals surface area contributed by atoms with Gasteiger partial charge in [-0.05, 0) is 109 Å². The number of rotatable bonds is 23. The van der Waals surface area contributed by atoms with Crippen LogP contribution in [0.2, 0.25) is 10.0 Å². The lowest BCUT2D eigenvalue weighted by Crippen LogP contribution is -2.65. The summed E-state index contributed by atoms with van der Waals surface area (Å²) in [6.45, 7) is 14.9. The van der Waals surface area contributed by atoms with Gasteiger partial charge in [0.2, 0.25) is 53.4 Å². The summed E-state index contributed by atoms with van der Waals surface area (Å²) in [5, 5.41) is 116. The molecule has 11 bridgehead atoms. The number of likely N-dealkylation sites (N-methyl/N-ethyl adjacent to an activating group) is 1. The van der Waals surface area contributed by atoms with Crippen molar-refractivity contribution < 1.29 is 131 Å². The minimum absolute atomic E-state index is 0.0954. The number of carbonyl (C=O) groups is 10. The molecule has 41 heteroatoms. The lowest BCUT2D eigenvalue weighted by molar-refractivity contribution is -0.331. The van der Waals surface area contributed by atoms with E-state index in [1.54, 1.807) is 13.8 Å². The van der Waals surface area contributed by atoms with Gasteiger partial charge in [0, 0.05) is 46.7 Å². The molecule has 8 amide bonds. The number of benzene rings is 5. The van der Waals surface area contributed by atoms with Crippen molar-refractivity contribution in [3.05, 3.63) is 165 Å². The van der Waals surface area contributed by atoms with Crippen molar-refractivity contribution in [3.63, 3.8) is 0 Å². The lowest BCUT2D eigenvalue weighted by atomic mass is 9.85. The van der Waals surface area contributed by atoms with E-state index in [1.807, 2.05) is 0 Å². The fourth-order valence-electron chi connectivity index (χ4n) is 13.9. The highest BCUT2D eigenvalue weighted by atomic mass is 35.5. The van der Waals surface area contributed by atoms with Crippen molar-refractivity contribution in [1.82, 2.24) is 42.1 Å². The Labute approximate surface area is 688 Å². The van der Waals surface area contributed by atoms with Gasteiger partial charge in [0.15, 0.2) is 29.9 Å². The maximum Gasteiger partial charge on any atom is 0.410 e. The van der Waals surface area contributed by atoms with Crippen molar-refractivity contribution in [2.45, 2.75) is 156 Å². The van der Waals surface area contributed by atoms with E-state index in [-0.39, 0.29) is 48.7 Å². The number of aliphatic hydroxyl groups excluding tert-OH is 5. The summed E-state index contributed by atoms with van der Waals surface area (Å²) >= 11 is 14.3. The molecule has 39 nitrogen and oxygen atoms in total. The van der Waals surface area contributed by atoms with Crippen LogP contribution in [0.3, 0.4) is 0 Å². The second kappa shape index (κ2) is 38.7. The molecule has 7 heterocycles. The number of nitrogens with zero attached hydrogens (tertiary/aromatic N) is 4. The minimum Gasteiger partial charge on any atom is -0.508 e. The number of halogens is 2. The summed E-state index contributed by atoms with van der Waals surface area (Å²) in [4.78, 5) is 151. The smallest absolute Gasteiger partial charge is 0.410 e. The highest BCUT2D eigenvalue weighted by molar-refractivity contribution is 6.32. The number of amides is 8. The van der Waals surface area contributed by atoms with E-state index in [2.05, 4.69) is 67.0 Å². The van der Waals surface area contributed by atoms with Crippen molar-refractivity contribution in [2.24, 2.45) is 16.8 Å². The van der Waals surface area contributed by atoms with Crippen LogP contribution in [0.4, 0.5) is 4.79 Å². The number of carbonyl (C=O) groups excluding carboxylic acids is 10. The molecule has 17 N–H and O–H groups in total. The predicted molar refractivity (Wildman–Crippen MR) is 415 cm³/mol. The predicted octanol–water partition coefficient (Wildman–Crippen LogP) is 3.46. The molecule has 7 aliphatic heterocycles. The Balaban J connectivity index is 1.23. The maximum absolute atomic E-state index is 16.3. The molecule has 636 valence electrons. The third kappa shape index (κ3) is 20.6. The molecule has 7 aliphatic rings. The van der Waals surface area contributed by atoms with Crippen molar-refractivity contribution in [1.29, 1.82) is 0 Å². The van der Waals surface area contributed by atoms with Gasteiger partial charge in [-0.15, -0.1) is 0 Å². The van der Waals surface area contributed by atoms with Gasteiger partial charge in [0.25, 0.3) is 0 Å². The maximum atomic E-state index is 16.3. The monoisotopic (exact) mass is 1690 g/mol. The van der Waals surface area contributed by atoms with E-state index in [0.29, 0.717) is 0 Å². The highest BCUT2D eigenvalue weighted by Crippen LogP contribution is 2.50. The third-order valence-electron chi connectivity index (χ3n) is 19.9. The van der Waals surface area contributed by atoms with Gasteiger partial charge in [-0.2, -0.15) is 0 Å². The molecule has 2 saturated heterocycles. The van der Waals surface area contributed by atoms with Gasteiger partial charge in [-0.3, -0.25) is 48.6 Å². The summed E-state index contributed by atoms with van der Waals surface area (Å²) in [6, 6.07) is -1.66. The van der Waals surface area contributed by atoms with Crippen LogP contribution < -0.4 is 57.2 Å². The number of fused-ring (bicyclic) bond motifs is 15. The first-order valence-electron chi connectivity index (χ1n) is 36.9. The van der Waals surface area contributed by atoms with Gasteiger partial charge in [-0.1, -0.05) is 98.3 Å². The summed E-state index contributed by atoms with van der Waals surface area (Å²) in [6.07, 6.45) is -17.4. The highest BCUT2D eigenvalue weighted by Gasteiger charge is 2.53. The summed E-state index contributed by atoms with van der Waals surface area (Å²) in [7, 11) is 1.22. The second-order valence-electron chi connectivity index (χ2n) is 28.9.